The predicted molar refractivity (Wildman–Crippen MR) is 67.7 cm³/mol. The average Bonchev–Trinajstić information content (AvgIpc) is 3.20. The molecule has 0 N–H and O–H groups in total. The van der Waals surface area contributed by atoms with Gasteiger partial charge in [-0.3, -0.25) is 0 Å². The molecule has 0 bridgehead atoms. The Morgan fingerprint density at radius 2 is 1.91 bits per heavy atom. The lowest BCUT2D eigenvalue weighted by Gasteiger charge is -2.22. The standard InChI is InChI=1S/C14H10ClF5O2/c15-10-5-8(22-14(18,19)20)1-2-9(10)13(7-21-13)12(3-4-12)6-11(16)17/h1-2,5-6H,3-4,7H2. The van der Waals surface area contributed by atoms with Crippen molar-refractivity contribution in [3.05, 3.63) is 40.9 Å². The first-order valence-corrected chi connectivity index (χ1v) is 6.79. The minimum atomic E-state index is -4.82. The van der Waals surface area contributed by atoms with Gasteiger partial charge in [-0.2, -0.15) is 8.78 Å². The molecule has 3 rings (SSSR count). The van der Waals surface area contributed by atoms with Gasteiger partial charge in [0.1, 0.15) is 11.4 Å². The maximum Gasteiger partial charge on any atom is 0.573 e. The third-order valence-electron chi connectivity index (χ3n) is 4.02. The summed E-state index contributed by atoms with van der Waals surface area (Å²) in [4.78, 5) is 0. The monoisotopic (exact) mass is 340 g/mol. The first kappa shape index (κ1) is 15.6. The van der Waals surface area contributed by atoms with Crippen molar-refractivity contribution < 1.29 is 31.4 Å². The second-order valence-electron chi connectivity index (χ2n) is 5.40. The number of alkyl halides is 3. The molecule has 1 unspecified atom stereocenters. The van der Waals surface area contributed by atoms with Gasteiger partial charge in [0.2, 0.25) is 0 Å². The zero-order valence-corrected chi connectivity index (χ0v) is 11.8. The van der Waals surface area contributed by atoms with Crippen LogP contribution < -0.4 is 4.74 Å². The molecule has 22 heavy (non-hydrogen) atoms. The summed E-state index contributed by atoms with van der Waals surface area (Å²) in [5, 5.41) is -0.00167. The molecule has 1 atom stereocenters. The highest BCUT2D eigenvalue weighted by molar-refractivity contribution is 6.31. The molecule has 0 amide bonds. The number of hydrogen-bond acceptors (Lipinski definition) is 2. The minimum Gasteiger partial charge on any atom is -0.406 e. The van der Waals surface area contributed by atoms with E-state index < -0.39 is 29.2 Å². The van der Waals surface area contributed by atoms with Gasteiger partial charge in [0.05, 0.1) is 11.6 Å². The summed E-state index contributed by atoms with van der Waals surface area (Å²) in [5.41, 5.74) is -1.41. The third-order valence-corrected chi connectivity index (χ3v) is 4.33. The van der Waals surface area contributed by atoms with Crippen molar-refractivity contribution in [3.8, 4) is 5.75 Å². The van der Waals surface area contributed by atoms with Gasteiger partial charge in [-0.05, 0) is 31.1 Å². The normalized spacial score (nSPS) is 25.5. The first-order chi connectivity index (χ1) is 10.2. The largest absolute Gasteiger partial charge is 0.573 e. The van der Waals surface area contributed by atoms with Gasteiger partial charge in [0.15, 0.2) is 0 Å². The van der Waals surface area contributed by atoms with Gasteiger partial charge >= 0.3 is 6.36 Å². The van der Waals surface area contributed by atoms with E-state index >= 15 is 0 Å². The molecular weight excluding hydrogens is 331 g/mol. The van der Waals surface area contributed by atoms with E-state index in [1.807, 2.05) is 0 Å². The van der Waals surface area contributed by atoms with E-state index in [2.05, 4.69) is 4.74 Å². The Balaban J connectivity index is 1.92. The van der Waals surface area contributed by atoms with Crippen LogP contribution in [0.5, 0.6) is 5.75 Å². The second-order valence-corrected chi connectivity index (χ2v) is 5.80. The van der Waals surface area contributed by atoms with Crippen molar-refractivity contribution >= 4 is 11.6 Å². The summed E-state index contributed by atoms with van der Waals surface area (Å²) >= 11 is 6.02. The summed E-state index contributed by atoms with van der Waals surface area (Å²) in [6, 6.07) is 3.45. The smallest absolute Gasteiger partial charge is 0.406 e. The van der Waals surface area contributed by atoms with E-state index in [0.29, 0.717) is 18.4 Å². The van der Waals surface area contributed by atoms with Crippen molar-refractivity contribution in [2.75, 3.05) is 6.61 Å². The second kappa shape index (κ2) is 4.83. The van der Waals surface area contributed by atoms with Gasteiger partial charge < -0.3 is 9.47 Å². The van der Waals surface area contributed by atoms with Crippen molar-refractivity contribution in [2.24, 2.45) is 5.41 Å². The maximum atomic E-state index is 12.6. The number of ether oxygens (including phenoxy) is 2. The highest BCUT2D eigenvalue weighted by Gasteiger charge is 2.68. The average molecular weight is 341 g/mol. The zero-order valence-electron chi connectivity index (χ0n) is 11.0. The molecule has 1 heterocycles. The number of benzene rings is 1. The Bertz CT molecular complexity index is 629. The fourth-order valence-electron chi connectivity index (χ4n) is 2.81. The molecule has 1 saturated carbocycles. The van der Waals surface area contributed by atoms with Crippen LogP contribution in [0.25, 0.3) is 0 Å². The fourth-order valence-corrected chi connectivity index (χ4v) is 3.14. The minimum absolute atomic E-state index is 0.00167. The van der Waals surface area contributed by atoms with E-state index in [9.17, 15) is 22.0 Å². The molecule has 0 radical (unpaired) electrons. The Labute approximate surface area is 127 Å². The molecule has 120 valence electrons. The molecule has 1 aliphatic carbocycles. The molecule has 2 aliphatic rings. The van der Waals surface area contributed by atoms with Crippen LogP contribution in [0.15, 0.2) is 30.4 Å². The molecule has 2 nitrogen and oxygen atoms in total. The van der Waals surface area contributed by atoms with Gasteiger partial charge in [0.25, 0.3) is 6.08 Å². The maximum absolute atomic E-state index is 12.6. The molecule has 0 spiro atoms. The summed E-state index contributed by atoms with van der Waals surface area (Å²) in [6.07, 6.45) is -4.74. The Hall–Kier alpha value is -1.34. The Morgan fingerprint density at radius 3 is 2.32 bits per heavy atom. The summed E-state index contributed by atoms with van der Waals surface area (Å²) in [7, 11) is 0. The fraction of sp³-hybridized carbons (Fsp3) is 0.429. The predicted octanol–water partition coefficient (Wildman–Crippen LogP) is 5.02. The molecule has 1 saturated heterocycles. The number of hydrogen-bond donors (Lipinski definition) is 0. The van der Waals surface area contributed by atoms with E-state index in [1.54, 1.807) is 0 Å². The van der Waals surface area contributed by atoms with Crippen LogP contribution >= 0.6 is 11.6 Å². The Morgan fingerprint density at radius 1 is 1.27 bits per heavy atom. The van der Waals surface area contributed by atoms with Crippen LogP contribution in [0.1, 0.15) is 18.4 Å². The van der Waals surface area contributed by atoms with Crippen LogP contribution in [-0.2, 0) is 10.3 Å². The van der Waals surface area contributed by atoms with Crippen molar-refractivity contribution in [1.82, 2.24) is 0 Å². The lowest BCUT2D eigenvalue weighted by atomic mass is 9.83. The van der Waals surface area contributed by atoms with Crippen molar-refractivity contribution in [3.63, 3.8) is 0 Å². The molecule has 1 aromatic rings. The van der Waals surface area contributed by atoms with Crippen LogP contribution in [0.4, 0.5) is 22.0 Å². The molecule has 0 aromatic heterocycles. The number of epoxide rings is 1. The summed E-state index contributed by atoms with van der Waals surface area (Å²) in [6.45, 7) is 0.204. The quantitative estimate of drug-likeness (QED) is 0.567. The number of halogens is 6. The SMILES string of the molecule is FC(F)=CC1(C2(c3ccc(OC(F)(F)F)cc3Cl)CO2)CC1. The molecule has 2 fully saturated rings. The molecular formula is C14H10ClF5O2. The van der Waals surface area contributed by atoms with Crippen LogP contribution in [0.2, 0.25) is 5.02 Å². The highest BCUT2D eigenvalue weighted by Crippen LogP contribution is 2.68. The molecule has 1 aromatic carbocycles. The molecule has 8 heteroatoms. The number of rotatable bonds is 4. The first-order valence-electron chi connectivity index (χ1n) is 6.41. The van der Waals surface area contributed by atoms with Crippen molar-refractivity contribution in [1.29, 1.82) is 0 Å². The van der Waals surface area contributed by atoms with E-state index in [1.165, 1.54) is 6.07 Å². The van der Waals surface area contributed by atoms with E-state index in [-0.39, 0.29) is 11.6 Å². The van der Waals surface area contributed by atoms with Crippen LogP contribution in [-0.4, -0.2) is 13.0 Å². The summed E-state index contributed by atoms with van der Waals surface area (Å²) in [5.74, 6) is -0.464. The summed E-state index contributed by atoms with van der Waals surface area (Å²) < 4.78 is 71.0. The third kappa shape index (κ3) is 2.67. The Kier molecular flexibility index (Phi) is 3.41. The van der Waals surface area contributed by atoms with Gasteiger partial charge in [-0.25, -0.2) is 0 Å². The topological polar surface area (TPSA) is 21.8 Å². The highest BCUT2D eigenvalue weighted by atomic mass is 35.5. The van der Waals surface area contributed by atoms with Gasteiger partial charge in [-0.1, -0.05) is 17.7 Å². The van der Waals surface area contributed by atoms with Crippen LogP contribution in [0, 0.1) is 5.41 Å². The lowest BCUT2D eigenvalue weighted by molar-refractivity contribution is -0.274. The van der Waals surface area contributed by atoms with E-state index in [0.717, 1.165) is 18.2 Å². The van der Waals surface area contributed by atoms with Gasteiger partial charge in [-0.15, -0.1) is 13.2 Å². The van der Waals surface area contributed by atoms with Crippen LogP contribution in [0.3, 0.4) is 0 Å². The molecule has 1 aliphatic heterocycles. The van der Waals surface area contributed by atoms with Crippen molar-refractivity contribution in [2.45, 2.75) is 24.8 Å². The lowest BCUT2D eigenvalue weighted by Crippen LogP contribution is -2.23. The van der Waals surface area contributed by atoms with E-state index in [4.69, 9.17) is 16.3 Å². The van der Waals surface area contributed by atoms with Gasteiger partial charge in [0, 0.05) is 11.0 Å². The zero-order chi connectivity index (χ0) is 16.2.